The first-order valence-electron chi connectivity index (χ1n) is 5.76. The van der Waals surface area contributed by atoms with Gasteiger partial charge in [0.05, 0.1) is 7.11 Å². The molecule has 0 atom stereocenters. The van der Waals surface area contributed by atoms with E-state index in [1.54, 1.807) is 24.3 Å². The first kappa shape index (κ1) is 13.5. The maximum atomic E-state index is 12.0. The summed E-state index contributed by atoms with van der Waals surface area (Å²) in [6, 6.07) is 11.0. The fourth-order valence-corrected chi connectivity index (χ4v) is 1.58. The molecule has 0 aliphatic heterocycles. The van der Waals surface area contributed by atoms with Gasteiger partial charge in [-0.25, -0.2) is 9.78 Å². The van der Waals surface area contributed by atoms with E-state index in [0.717, 1.165) is 0 Å². The Morgan fingerprint density at radius 1 is 1.20 bits per heavy atom. The molecule has 0 aliphatic rings. The van der Waals surface area contributed by atoms with Gasteiger partial charge < -0.3 is 15.2 Å². The molecule has 0 bridgehead atoms. The zero-order chi connectivity index (χ0) is 14.5. The highest BCUT2D eigenvalue weighted by Crippen LogP contribution is 2.14. The molecule has 1 aromatic heterocycles. The molecule has 2 rings (SSSR count). The van der Waals surface area contributed by atoms with Crippen LogP contribution in [0, 0.1) is 0 Å². The summed E-state index contributed by atoms with van der Waals surface area (Å²) in [6.45, 7) is 0. The number of aromatic nitrogens is 1. The molecule has 0 saturated heterocycles. The van der Waals surface area contributed by atoms with E-state index in [0.29, 0.717) is 11.3 Å². The Hall–Kier alpha value is -2.89. The number of nitrogens with one attached hydrogen (secondary N) is 1. The number of carbonyl (C=O) groups excluding carboxylic acids is 1. The number of carboxylic acid groups (broad SMARTS) is 1. The summed E-state index contributed by atoms with van der Waals surface area (Å²) in [4.78, 5) is 26.6. The van der Waals surface area contributed by atoms with Crippen LogP contribution in [0.2, 0.25) is 0 Å². The van der Waals surface area contributed by atoms with Crippen LogP contribution in [0.5, 0.6) is 5.75 Å². The van der Waals surface area contributed by atoms with Gasteiger partial charge in [-0.15, -0.1) is 0 Å². The molecule has 0 saturated carbocycles. The maximum absolute atomic E-state index is 12.0. The lowest BCUT2D eigenvalue weighted by Gasteiger charge is -2.06. The first-order valence-corrected chi connectivity index (χ1v) is 5.76. The highest BCUT2D eigenvalue weighted by atomic mass is 16.5. The molecule has 0 aliphatic carbocycles. The summed E-state index contributed by atoms with van der Waals surface area (Å²) >= 11 is 0. The molecular weight excluding hydrogens is 260 g/mol. The van der Waals surface area contributed by atoms with E-state index in [9.17, 15) is 9.59 Å². The molecule has 2 N–H and O–H groups in total. The zero-order valence-electron chi connectivity index (χ0n) is 10.7. The minimum absolute atomic E-state index is 0.131. The zero-order valence-corrected chi connectivity index (χ0v) is 10.7. The van der Waals surface area contributed by atoms with Crippen molar-refractivity contribution < 1.29 is 19.4 Å². The van der Waals surface area contributed by atoms with Crippen molar-refractivity contribution in [2.24, 2.45) is 0 Å². The smallest absolute Gasteiger partial charge is 0.354 e. The molecule has 0 radical (unpaired) electrons. The van der Waals surface area contributed by atoms with Crippen molar-refractivity contribution in [3.05, 3.63) is 53.7 Å². The lowest BCUT2D eigenvalue weighted by molar-refractivity contribution is 0.0690. The molecule has 1 aromatic carbocycles. The summed E-state index contributed by atoms with van der Waals surface area (Å²) in [6.07, 6.45) is 0. The number of carbonyl (C=O) groups is 2. The number of ether oxygens (including phenoxy) is 1. The van der Waals surface area contributed by atoms with Gasteiger partial charge in [0.25, 0.3) is 5.91 Å². The Balaban J connectivity index is 2.18. The third-order valence-electron chi connectivity index (χ3n) is 2.54. The predicted molar refractivity (Wildman–Crippen MR) is 72.1 cm³/mol. The van der Waals surface area contributed by atoms with Gasteiger partial charge in [0.15, 0.2) is 5.69 Å². The van der Waals surface area contributed by atoms with Crippen LogP contribution in [-0.4, -0.2) is 29.1 Å². The van der Waals surface area contributed by atoms with Gasteiger partial charge in [0.1, 0.15) is 11.6 Å². The molecule has 0 unspecified atom stereocenters. The largest absolute Gasteiger partial charge is 0.497 e. The molecular formula is C14H12N2O4. The van der Waals surface area contributed by atoms with E-state index >= 15 is 0 Å². The van der Waals surface area contributed by atoms with Crippen LogP contribution in [0.25, 0.3) is 0 Å². The number of benzene rings is 1. The Bertz CT molecular complexity index is 655. The van der Waals surface area contributed by atoms with Crippen LogP contribution in [0.15, 0.2) is 42.5 Å². The van der Waals surface area contributed by atoms with Crippen LogP contribution < -0.4 is 10.1 Å². The summed E-state index contributed by atoms with van der Waals surface area (Å²) in [5, 5.41) is 11.4. The summed E-state index contributed by atoms with van der Waals surface area (Å²) in [5.41, 5.74) is 0.264. The second-order valence-corrected chi connectivity index (χ2v) is 3.90. The molecule has 1 amide bonds. The molecule has 6 nitrogen and oxygen atoms in total. The van der Waals surface area contributed by atoms with Gasteiger partial charge in [-0.2, -0.15) is 0 Å². The van der Waals surface area contributed by atoms with Crippen molar-refractivity contribution in [1.82, 2.24) is 4.98 Å². The van der Waals surface area contributed by atoms with Gasteiger partial charge >= 0.3 is 5.97 Å². The summed E-state index contributed by atoms with van der Waals surface area (Å²) in [5.74, 6) is -0.802. The normalized spacial score (nSPS) is 9.85. The minimum atomic E-state index is -1.15. The fourth-order valence-electron chi connectivity index (χ4n) is 1.58. The number of pyridine rings is 1. The van der Waals surface area contributed by atoms with Gasteiger partial charge in [-0.05, 0) is 30.3 Å². The Morgan fingerprint density at radius 3 is 2.65 bits per heavy atom. The standard InChI is InChI=1S/C14H12N2O4/c1-20-10-5-2-4-9(8-10)13(17)16-12-7-3-6-11(15-12)14(18)19/h2-8H,1H3,(H,18,19)(H,15,16,17). The Kier molecular flexibility index (Phi) is 3.95. The number of rotatable bonds is 4. The van der Waals surface area contributed by atoms with E-state index in [2.05, 4.69) is 10.3 Å². The second-order valence-electron chi connectivity index (χ2n) is 3.90. The van der Waals surface area contributed by atoms with Gasteiger partial charge in [0, 0.05) is 5.56 Å². The number of aromatic carboxylic acids is 1. The Morgan fingerprint density at radius 2 is 1.95 bits per heavy atom. The SMILES string of the molecule is COc1cccc(C(=O)Nc2cccc(C(=O)O)n2)c1. The van der Waals surface area contributed by atoms with Crippen LogP contribution in [-0.2, 0) is 0 Å². The summed E-state index contributed by atoms with van der Waals surface area (Å²) < 4.78 is 5.03. The molecule has 0 fully saturated rings. The summed E-state index contributed by atoms with van der Waals surface area (Å²) in [7, 11) is 1.51. The van der Waals surface area contributed by atoms with E-state index in [4.69, 9.17) is 9.84 Å². The highest BCUT2D eigenvalue weighted by Gasteiger charge is 2.10. The number of carboxylic acids is 1. The molecule has 102 valence electrons. The number of anilines is 1. The van der Waals surface area contributed by atoms with E-state index in [1.807, 2.05) is 0 Å². The van der Waals surface area contributed by atoms with Crippen LogP contribution in [0.4, 0.5) is 5.82 Å². The molecule has 20 heavy (non-hydrogen) atoms. The van der Waals surface area contributed by atoms with Crippen LogP contribution >= 0.6 is 0 Å². The third-order valence-corrected chi connectivity index (χ3v) is 2.54. The monoisotopic (exact) mass is 272 g/mol. The first-order chi connectivity index (χ1) is 9.60. The van der Waals surface area contributed by atoms with Gasteiger partial charge in [-0.1, -0.05) is 12.1 Å². The average Bonchev–Trinajstić information content (AvgIpc) is 2.47. The lowest BCUT2D eigenvalue weighted by atomic mass is 10.2. The number of hydrogen-bond acceptors (Lipinski definition) is 4. The molecule has 0 spiro atoms. The molecule has 1 heterocycles. The van der Waals surface area contributed by atoms with Crippen LogP contribution in [0.1, 0.15) is 20.8 Å². The predicted octanol–water partition coefficient (Wildman–Crippen LogP) is 2.04. The number of amides is 1. The van der Waals surface area contributed by atoms with Crippen molar-refractivity contribution in [2.45, 2.75) is 0 Å². The molecule has 6 heteroatoms. The highest BCUT2D eigenvalue weighted by molar-refractivity contribution is 6.04. The van der Waals surface area contributed by atoms with Crippen molar-refractivity contribution in [2.75, 3.05) is 12.4 Å². The number of hydrogen-bond donors (Lipinski definition) is 2. The quantitative estimate of drug-likeness (QED) is 0.889. The lowest BCUT2D eigenvalue weighted by Crippen LogP contribution is -2.14. The molecule has 2 aromatic rings. The maximum Gasteiger partial charge on any atom is 0.354 e. The minimum Gasteiger partial charge on any atom is -0.497 e. The Labute approximate surface area is 115 Å². The van der Waals surface area contributed by atoms with E-state index in [1.165, 1.54) is 25.3 Å². The third kappa shape index (κ3) is 3.11. The second kappa shape index (κ2) is 5.83. The van der Waals surface area contributed by atoms with E-state index in [-0.39, 0.29) is 17.4 Å². The number of nitrogens with zero attached hydrogens (tertiary/aromatic N) is 1. The van der Waals surface area contributed by atoms with E-state index < -0.39 is 5.97 Å². The topological polar surface area (TPSA) is 88.5 Å². The van der Waals surface area contributed by atoms with Crippen molar-refractivity contribution >= 4 is 17.7 Å². The average molecular weight is 272 g/mol. The van der Waals surface area contributed by atoms with Crippen LogP contribution in [0.3, 0.4) is 0 Å². The fraction of sp³-hybridized carbons (Fsp3) is 0.0714. The van der Waals surface area contributed by atoms with Gasteiger partial charge in [0.2, 0.25) is 0 Å². The van der Waals surface area contributed by atoms with Crippen molar-refractivity contribution in [1.29, 1.82) is 0 Å². The van der Waals surface area contributed by atoms with Crippen molar-refractivity contribution in [3.63, 3.8) is 0 Å². The number of methoxy groups -OCH3 is 1. The van der Waals surface area contributed by atoms with Gasteiger partial charge in [-0.3, -0.25) is 4.79 Å². The van der Waals surface area contributed by atoms with Crippen molar-refractivity contribution in [3.8, 4) is 5.75 Å².